The fourth-order valence-electron chi connectivity index (χ4n) is 8.56. The molecule has 0 spiro atoms. The van der Waals surface area contributed by atoms with Crippen LogP contribution in [0.25, 0.3) is 0 Å². The number of aliphatic hydroxyl groups excluding tert-OH is 1. The molecule has 1 aliphatic heterocycles. The van der Waals surface area contributed by atoms with Gasteiger partial charge in [0.1, 0.15) is 0 Å². The number of esters is 1. The van der Waals surface area contributed by atoms with Crippen molar-refractivity contribution in [3.63, 3.8) is 0 Å². The third kappa shape index (κ3) is 2.46. The number of carbonyl (C=O) groups excluding carboxylic acids is 1. The number of allylic oxidation sites excluding steroid dienone is 1. The van der Waals surface area contributed by atoms with E-state index in [1.807, 2.05) is 0 Å². The molecule has 5 aliphatic rings. The Morgan fingerprint density at radius 1 is 1.00 bits per heavy atom. The van der Waals surface area contributed by atoms with Gasteiger partial charge in [-0.25, -0.2) is 0 Å². The van der Waals surface area contributed by atoms with E-state index in [-0.39, 0.29) is 22.9 Å². The summed E-state index contributed by atoms with van der Waals surface area (Å²) in [5.41, 5.74) is 0.808. The van der Waals surface area contributed by atoms with E-state index >= 15 is 0 Å². The van der Waals surface area contributed by atoms with Crippen molar-refractivity contribution in [2.24, 2.45) is 34.5 Å². The average Bonchev–Trinajstić information content (AvgIpc) is 2.95. The van der Waals surface area contributed by atoms with Crippen LogP contribution in [0.15, 0.2) is 11.8 Å². The molecule has 4 saturated carbocycles. The minimum atomic E-state index is -0.604. The number of ether oxygens (including phenoxy) is 1. The number of cyclic esters (lactones) is 1. The van der Waals surface area contributed by atoms with Crippen molar-refractivity contribution < 1.29 is 19.7 Å². The number of fused-ring (bicyclic) bond motifs is 5. The monoisotopic (exact) mass is 388 g/mol. The Hall–Kier alpha value is -0.870. The summed E-state index contributed by atoms with van der Waals surface area (Å²) in [7, 11) is 0. The summed E-state index contributed by atoms with van der Waals surface area (Å²) in [5, 5.41) is 22.4. The van der Waals surface area contributed by atoms with Gasteiger partial charge in [0.05, 0.1) is 18.0 Å². The van der Waals surface area contributed by atoms with Crippen LogP contribution in [-0.4, -0.2) is 27.9 Å². The first-order valence-corrected chi connectivity index (χ1v) is 11.6. The highest BCUT2D eigenvalue weighted by Gasteiger charge is 2.67. The second-order valence-corrected chi connectivity index (χ2v) is 11.1. The van der Waals surface area contributed by atoms with Gasteiger partial charge in [-0.2, -0.15) is 0 Å². The predicted molar refractivity (Wildman–Crippen MR) is 106 cm³/mol. The minimum absolute atomic E-state index is 0.110. The number of hydrogen-bond donors (Lipinski definition) is 2. The van der Waals surface area contributed by atoms with Crippen LogP contribution in [0.3, 0.4) is 0 Å². The minimum Gasteiger partial charge on any atom is -0.435 e. The van der Waals surface area contributed by atoms with Gasteiger partial charge in [-0.1, -0.05) is 13.8 Å². The molecule has 0 amide bonds. The maximum absolute atomic E-state index is 12.2. The van der Waals surface area contributed by atoms with Crippen LogP contribution in [0, 0.1) is 34.5 Å². The van der Waals surface area contributed by atoms with Crippen molar-refractivity contribution in [1.29, 1.82) is 0 Å². The van der Waals surface area contributed by atoms with Gasteiger partial charge in [0.15, 0.2) is 0 Å². The lowest BCUT2D eigenvalue weighted by atomic mass is 9.43. The van der Waals surface area contributed by atoms with Gasteiger partial charge in [0, 0.05) is 11.8 Å². The standard InChI is InChI=1S/C24H36O4/c1-22-10-7-17(25)13-16(22)4-5-20-19(22)8-11-23(2)18(9-12-24(20,23)27)15-3-6-21(26)28-14-15/h14,16-20,25,27H,3-13H2,1-2H3/t16-,17?,18?,19?,20?,22+,23-,24+/m1/s1. The van der Waals surface area contributed by atoms with Crippen LogP contribution in [0.2, 0.25) is 0 Å². The quantitative estimate of drug-likeness (QED) is 0.656. The number of rotatable bonds is 1. The van der Waals surface area contributed by atoms with E-state index in [0.29, 0.717) is 30.1 Å². The lowest BCUT2D eigenvalue weighted by Gasteiger charge is -2.63. The molecule has 0 aromatic heterocycles. The molecule has 0 aromatic carbocycles. The molecule has 5 rings (SSSR count). The first-order chi connectivity index (χ1) is 13.3. The Labute approximate surface area is 168 Å². The second-order valence-electron chi connectivity index (χ2n) is 11.1. The molecular weight excluding hydrogens is 352 g/mol. The first-order valence-electron chi connectivity index (χ1n) is 11.6. The first kappa shape index (κ1) is 19.1. The molecule has 8 atom stereocenters. The summed E-state index contributed by atoms with van der Waals surface area (Å²) >= 11 is 0. The van der Waals surface area contributed by atoms with Crippen molar-refractivity contribution in [2.75, 3.05) is 0 Å². The van der Waals surface area contributed by atoms with Gasteiger partial charge in [-0.05, 0) is 98.9 Å². The van der Waals surface area contributed by atoms with Crippen molar-refractivity contribution >= 4 is 5.97 Å². The fourth-order valence-corrected chi connectivity index (χ4v) is 8.56. The molecule has 0 bridgehead atoms. The van der Waals surface area contributed by atoms with Gasteiger partial charge in [0.25, 0.3) is 0 Å². The number of carbonyl (C=O) groups is 1. The lowest BCUT2D eigenvalue weighted by Crippen LogP contribution is -2.62. The van der Waals surface area contributed by atoms with Crippen LogP contribution >= 0.6 is 0 Å². The summed E-state index contributed by atoms with van der Waals surface area (Å²) in [6.07, 6.45) is 12.2. The Balaban J connectivity index is 1.45. The maximum atomic E-state index is 12.2. The summed E-state index contributed by atoms with van der Waals surface area (Å²) in [4.78, 5) is 11.5. The summed E-state index contributed by atoms with van der Waals surface area (Å²) in [5.74, 6) is 1.78. The molecule has 1 heterocycles. The zero-order valence-corrected chi connectivity index (χ0v) is 17.5. The van der Waals surface area contributed by atoms with Crippen molar-refractivity contribution in [2.45, 2.75) is 96.2 Å². The van der Waals surface area contributed by atoms with Gasteiger partial charge in [-0.15, -0.1) is 0 Å². The van der Waals surface area contributed by atoms with Crippen molar-refractivity contribution in [3.8, 4) is 0 Å². The van der Waals surface area contributed by atoms with E-state index in [4.69, 9.17) is 4.74 Å². The molecular formula is C24H36O4. The van der Waals surface area contributed by atoms with Crippen LogP contribution in [0.4, 0.5) is 0 Å². The SMILES string of the molecule is C[C@]12CCC(O)C[C@H]1CCC1C2CC[C@]2(C)C(C3=COC(=O)CC3)CC[C@]12O. The summed E-state index contributed by atoms with van der Waals surface area (Å²) < 4.78 is 5.26. The average molecular weight is 389 g/mol. The van der Waals surface area contributed by atoms with E-state index in [1.165, 1.54) is 12.0 Å². The Bertz CT molecular complexity index is 701. The number of hydrogen-bond acceptors (Lipinski definition) is 4. The smallest absolute Gasteiger partial charge is 0.310 e. The molecule has 4 unspecified atom stereocenters. The zero-order chi connectivity index (χ0) is 19.7. The Morgan fingerprint density at radius 2 is 1.82 bits per heavy atom. The Kier molecular flexibility index (Phi) is 4.31. The maximum Gasteiger partial charge on any atom is 0.310 e. The normalized spacial score (nSPS) is 53.5. The Morgan fingerprint density at radius 3 is 2.57 bits per heavy atom. The topological polar surface area (TPSA) is 66.8 Å². The molecule has 0 saturated heterocycles. The third-order valence-electron chi connectivity index (χ3n) is 10.2. The van der Waals surface area contributed by atoms with Gasteiger partial charge >= 0.3 is 5.97 Å². The van der Waals surface area contributed by atoms with E-state index in [0.717, 1.165) is 57.8 Å². The van der Waals surface area contributed by atoms with E-state index < -0.39 is 5.60 Å². The predicted octanol–water partition coefficient (Wildman–Crippen LogP) is 4.34. The summed E-state index contributed by atoms with van der Waals surface area (Å²) in [6, 6.07) is 0. The van der Waals surface area contributed by atoms with E-state index in [9.17, 15) is 15.0 Å². The van der Waals surface area contributed by atoms with Gasteiger partial charge in [0.2, 0.25) is 0 Å². The van der Waals surface area contributed by atoms with Gasteiger partial charge < -0.3 is 14.9 Å². The zero-order valence-electron chi connectivity index (χ0n) is 17.5. The molecule has 2 N–H and O–H groups in total. The van der Waals surface area contributed by atoms with Crippen LogP contribution in [-0.2, 0) is 9.53 Å². The van der Waals surface area contributed by atoms with E-state index in [1.54, 1.807) is 6.26 Å². The molecule has 4 nitrogen and oxygen atoms in total. The van der Waals surface area contributed by atoms with Crippen molar-refractivity contribution in [3.05, 3.63) is 11.8 Å². The fraction of sp³-hybridized carbons (Fsp3) is 0.875. The van der Waals surface area contributed by atoms with Crippen LogP contribution in [0.5, 0.6) is 0 Å². The number of aliphatic hydroxyl groups is 2. The molecule has 0 radical (unpaired) electrons. The molecule has 28 heavy (non-hydrogen) atoms. The molecule has 0 aromatic rings. The summed E-state index contributed by atoms with van der Waals surface area (Å²) in [6.45, 7) is 4.78. The highest BCUT2D eigenvalue weighted by Crippen LogP contribution is 2.70. The lowest BCUT2D eigenvalue weighted by molar-refractivity contribution is -0.208. The highest BCUT2D eigenvalue weighted by atomic mass is 16.5. The van der Waals surface area contributed by atoms with Crippen molar-refractivity contribution in [1.82, 2.24) is 0 Å². The van der Waals surface area contributed by atoms with E-state index in [2.05, 4.69) is 13.8 Å². The highest BCUT2D eigenvalue weighted by molar-refractivity contribution is 5.71. The molecule has 4 aliphatic carbocycles. The third-order valence-corrected chi connectivity index (χ3v) is 10.2. The molecule has 4 fully saturated rings. The van der Waals surface area contributed by atoms with Crippen LogP contribution < -0.4 is 0 Å². The molecule has 156 valence electrons. The van der Waals surface area contributed by atoms with Gasteiger partial charge in [-0.3, -0.25) is 4.79 Å². The van der Waals surface area contributed by atoms with Crippen LogP contribution in [0.1, 0.15) is 84.5 Å². The largest absolute Gasteiger partial charge is 0.435 e. The second kappa shape index (κ2) is 6.31. The molecule has 4 heteroatoms.